The van der Waals surface area contributed by atoms with Crippen molar-refractivity contribution >= 4 is 37.5 Å². The van der Waals surface area contributed by atoms with Crippen LogP contribution in [-0.2, 0) is 5.33 Å². The van der Waals surface area contributed by atoms with Gasteiger partial charge in [0.2, 0.25) is 0 Å². The Balaban J connectivity index is 2.12. The summed E-state index contributed by atoms with van der Waals surface area (Å²) < 4.78 is 1.21. The summed E-state index contributed by atoms with van der Waals surface area (Å²) in [6.45, 7) is 4.74. The molecule has 3 heteroatoms. The highest BCUT2D eigenvalue weighted by Gasteiger charge is 2.16. The number of nitrogens with zero attached hydrogens (tertiary/aromatic N) is 1. The molecule has 2 rings (SSSR count). The average molecular weight is 347 g/mol. The highest BCUT2D eigenvalue weighted by molar-refractivity contribution is 9.10. The van der Waals surface area contributed by atoms with Gasteiger partial charge in [0.1, 0.15) is 0 Å². The molecule has 1 heterocycles. The van der Waals surface area contributed by atoms with Gasteiger partial charge < -0.3 is 4.90 Å². The molecule has 1 aliphatic rings. The molecule has 0 atom stereocenters. The Hall–Kier alpha value is -0.0200. The van der Waals surface area contributed by atoms with Crippen LogP contribution in [0, 0.1) is 5.92 Å². The van der Waals surface area contributed by atoms with Crippen LogP contribution in [0.15, 0.2) is 22.7 Å². The standard InChI is InChI=1S/C13H17Br2N/c1-10-4-6-16(7-5-10)12-3-2-11(9-14)13(15)8-12/h2-3,8,10H,4-7,9H2,1H3. The van der Waals surface area contributed by atoms with Gasteiger partial charge in [-0.1, -0.05) is 44.8 Å². The Kier molecular flexibility index (Phi) is 4.31. The van der Waals surface area contributed by atoms with E-state index in [4.69, 9.17) is 0 Å². The SMILES string of the molecule is CC1CCN(c2ccc(CBr)c(Br)c2)CC1. The lowest BCUT2D eigenvalue weighted by Crippen LogP contribution is -2.32. The molecule has 0 aliphatic carbocycles. The second-order valence-electron chi connectivity index (χ2n) is 4.58. The predicted octanol–water partition coefficient (Wildman–Crippen LogP) is 4.58. The van der Waals surface area contributed by atoms with Crippen LogP contribution in [0.5, 0.6) is 0 Å². The van der Waals surface area contributed by atoms with Crippen LogP contribution in [-0.4, -0.2) is 13.1 Å². The molecule has 0 spiro atoms. The number of anilines is 1. The van der Waals surface area contributed by atoms with Crippen molar-refractivity contribution in [2.24, 2.45) is 5.92 Å². The maximum Gasteiger partial charge on any atom is 0.0377 e. The molecule has 0 radical (unpaired) electrons. The fourth-order valence-corrected chi connectivity index (χ4v) is 3.48. The van der Waals surface area contributed by atoms with E-state index in [0.29, 0.717) is 0 Å². The lowest BCUT2D eigenvalue weighted by Gasteiger charge is -2.32. The van der Waals surface area contributed by atoms with Gasteiger partial charge >= 0.3 is 0 Å². The Labute approximate surface area is 114 Å². The van der Waals surface area contributed by atoms with Crippen molar-refractivity contribution in [3.05, 3.63) is 28.2 Å². The summed E-state index contributed by atoms with van der Waals surface area (Å²) in [5, 5.41) is 0.908. The van der Waals surface area contributed by atoms with Crippen LogP contribution in [0.3, 0.4) is 0 Å². The first-order valence-electron chi connectivity index (χ1n) is 5.80. The minimum Gasteiger partial charge on any atom is -0.371 e. The third kappa shape index (κ3) is 2.80. The van der Waals surface area contributed by atoms with Gasteiger partial charge in [0.25, 0.3) is 0 Å². The maximum absolute atomic E-state index is 3.63. The second-order valence-corrected chi connectivity index (χ2v) is 5.99. The maximum atomic E-state index is 3.63. The molecule has 1 aromatic rings. The van der Waals surface area contributed by atoms with Gasteiger partial charge in [0.15, 0.2) is 0 Å². The Morgan fingerprint density at radius 1 is 1.31 bits per heavy atom. The van der Waals surface area contributed by atoms with Crippen LogP contribution in [0.25, 0.3) is 0 Å². The van der Waals surface area contributed by atoms with Gasteiger partial charge in [-0.25, -0.2) is 0 Å². The van der Waals surface area contributed by atoms with Crippen molar-refractivity contribution in [2.75, 3.05) is 18.0 Å². The molecule has 0 saturated carbocycles. The number of benzene rings is 1. The lowest BCUT2D eigenvalue weighted by molar-refractivity contribution is 0.438. The van der Waals surface area contributed by atoms with Crippen molar-refractivity contribution in [2.45, 2.75) is 25.1 Å². The molecule has 0 unspecified atom stereocenters. The summed E-state index contributed by atoms with van der Waals surface area (Å²) in [6.07, 6.45) is 2.63. The van der Waals surface area contributed by atoms with E-state index in [1.54, 1.807) is 0 Å². The van der Waals surface area contributed by atoms with E-state index in [2.05, 4.69) is 61.9 Å². The van der Waals surface area contributed by atoms with E-state index in [9.17, 15) is 0 Å². The molecule has 1 aromatic carbocycles. The van der Waals surface area contributed by atoms with Gasteiger partial charge in [0, 0.05) is 28.6 Å². The minimum absolute atomic E-state index is 0.890. The van der Waals surface area contributed by atoms with E-state index in [1.165, 1.54) is 41.7 Å². The zero-order valence-corrected chi connectivity index (χ0v) is 12.7. The summed E-state index contributed by atoms with van der Waals surface area (Å²) in [4.78, 5) is 2.49. The molecule has 0 aromatic heterocycles. The van der Waals surface area contributed by atoms with Crippen molar-refractivity contribution in [1.82, 2.24) is 0 Å². The number of hydrogen-bond acceptors (Lipinski definition) is 1. The van der Waals surface area contributed by atoms with E-state index < -0.39 is 0 Å². The molecule has 16 heavy (non-hydrogen) atoms. The van der Waals surface area contributed by atoms with Crippen LogP contribution in [0.1, 0.15) is 25.3 Å². The highest BCUT2D eigenvalue weighted by Crippen LogP contribution is 2.28. The van der Waals surface area contributed by atoms with Crippen molar-refractivity contribution < 1.29 is 0 Å². The third-order valence-electron chi connectivity index (χ3n) is 3.33. The summed E-state index contributed by atoms with van der Waals surface area (Å²) in [5.41, 5.74) is 2.66. The van der Waals surface area contributed by atoms with E-state index >= 15 is 0 Å². The van der Waals surface area contributed by atoms with Gasteiger partial charge in [-0.3, -0.25) is 0 Å². The summed E-state index contributed by atoms with van der Waals surface area (Å²) in [5.74, 6) is 0.890. The van der Waals surface area contributed by atoms with Crippen LogP contribution < -0.4 is 4.90 Å². The fourth-order valence-electron chi connectivity index (χ4n) is 2.11. The summed E-state index contributed by atoms with van der Waals surface area (Å²) >= 11 is 7.12. The van der Waals surface area contributed by atoms with Crippen molar-refractivity contribution in [3.63, 3.8) is 0 Å². The Morgan fingerprint density at radius 3 is 2.56 bits per heavy atom. The summed E-state index contributed by atoms with van der Waals surface area (Å²) in [6, 6.07) is 6.68. The van der Waals surface area contributed by atoms with Crippen LogP contribution >= 0.6 is 31.9 Å². The molecule has 88 valence electrons. The monoisotopic (exact) mass is 345 g/mol. The molecular formula is C13H17Br2N. The first-order chi connectivity index (χ1) is 7.70. The molecule has 1 saturated heterocycles. The molecule has 0 bridgehead atoms. The quantitative estimate of drug-likeness (QED) is 0.708. The zero-order valence-electron chi connectivity index (χ0n) is 9.55. The van der Waals surface area contributed by atoms with E-state index in [0.717, 1.165) is 11.2 Å². The first kappa shape index (κ1) is 12.4. The van der Waals surface area contributed by atoms with Crippen LogP contribution in [0.4, 0.5) is 5.69 Å². The lowest BCUT2D eigenvalue weighted by atomic mass is 9.99. The van der Waals surface area contributed by atoms with Crippen molar-refractivity contribution in [3.8, 4) is 0 Å². The number of halogens is 2. The average Bonchev–Trinajstić information content (AvgIpc) is 2.30. The van der Waals surface area contributed by atoms with Gasteiger partial charge in [0.05, 0.1) is 0 Å². The zero-order chi connectivity index (χ0) is 11.5. The molecule has 1 aliphatic heterocycles. The van der Waals surface area contributed by atoms with Gasteiger partial charge in [-0.05, 0) is 36.5 Å². The number of rotatable bonds is 2. The largest absolute Gasteiger partial charge is 0.371 e. The predicted molar refractivity (Wildman–Crippen MR) is 77.4 cm³/mol. The van der Waals surface area contributed by atoms with E-state index in [-0.39, 0.29) is 0 Å². The molecule has 0 amide bonds. The first-order valence-corrected chi connectivity index (χ1v) is 7.71. The van der Waals surface area contributed by atoms with E-state index in [1.807, 2.05) is 0 Å². The Morgan fingerprint density at radius 2 is 2.00 bits per heavy atom. The second kappa shape index (κ2) is 5.54. The van der Waals surface area contributed by atoms with Gasteiger partial charge in [-0.15, -0.1) is 0 Å². The van der Waals surface area contributed by atoms with Crippen LogP contribution in [0.2, 0.25) is 0 Å². The molecule has 0 N–H and O–H groups in total. The molecular weight excluding hydrogens is 330 g/mol. The van der Waals surface area contributed by atoms with Crippen molar-refractivity contribution in [1.29, 1.82) is 0 Å². The number of hydrogen-bond donors (Lipinski definition) is 0. The normalized spacial score (nSPS) is 17.8. The number of alkyl halides is 1. The third-order valence-corrected chi connectivity index (χ3v) is 4.67. The molecule has 1 fully saturated rings. The smallest absolute Gasteiger partial charge is 0.0377 e. The minimum atomic E-state index is 0.890. The fraction of sp³-hybridized carbons (Fsp3) is 0.538. The van der Waals surface area contributed by atoms with Gasteiger partial charge in [-0.2, -0.15) is 0 Å². The highest BCUT2D eigenvalue weighted by atomic mass is 79.9. The summed E-state index contributed by atoms with van der Waals surface area (Å²) in [7, 11) is 0. The Bertz CT molecular complexity index is 357. The number of piperidine rings is 1. The topological polar surface area (TPSA) is 3.24 Å². The molecule has 1 nitrogen and oxygen atoms in total.